The van der Waals surface area contributed by atoms with E-state index in [2.05, 4.69) is 10.4 Å². The second-order valence-electron chi connectivity index (χ2n) is 8.74. The van der Waals surface area contributed by atoms with Crippen LogP contribution in [0.15, 0.2) is 35.0 Å². The van der Waals surface area contributed by atoms with Gasteiger partial charge >= 0.3 is 12.1 Å². The number of nitrogens with one attached hydrogen (secondary N) is 1. The number of carboxylic acids is 1. The van der Waals surface area contributed by atoms with Crippen molar-refractivity contribution in [1.29, 1.82) is 0 Å². The van der Waals surface area contributed by atoms with E-state index in [1.807, 2.05) is 0 Å². The number of nitrogens with zero attached hydrogens (tertiary/aromatic N) is 3. The van der Waals surface area contributed by atoms with Gasteiger partial charge in [0.05, 0.1) is 17.3 Å². The summed E-state index contributed by atoms with van der Waals surface area (Å²) in [5.74, 6) is -2.13. The largest absolute Gasteiger partial charge is 0.477 e. The Bertz CT molecular complexity index is 1270. The minimum absolute atomic E-state index is 0.0316. The minimum atomic E-state index is -3.91. The Morgan fingerprint density at radius 1 is 1.31 bits per heavy atom. The van der Waals surface area contributed by atoms with Gasteiger partial charge in [-0.15, -0.1) is 0 Å². The number of benzene rings is 1. The first kappa shape index (κ1) is 28.3. The van der Waals surface area contributed by atoms with E-state index in [9.17, 15) is 27.5 Å². The van der Waals surface area contributed by atoms with E-state index in [0.717, 1.165) is 15.1 Å². The van der Waals surface area contributed by atoms with Gasteiger partial charge < -0.3 is 15.2 Å². The van der Waals surface area contributed by atoms with Crippen LogP contribution in [0.3, 0.4) is 0 Å². The van der Waals surface area contributed by atoms with Crippen LogP contribution in [-0.2, 0) is 21.3 Å². The minimum Gasteiger partial charge on any atom is -0.477 e. The van der Waals surface area contributed by atoms with Crippen molar-refractivity contribution in [3.63, 3.8) is 0 Å². The lowest BCUT2D eigenvalue weighted by Crippen LogP contribution is -2.32. The third-order valence-corrected chi connectivity index (χ3v) is 6.87. The Balaban J connectivity index is 2.39. The monoisotopic (exact) mass is 530 g/mol. The summed E-state index contributed by atoms with van der Waals surface area (Å²) in [4.78, 5) is 23.5. The van der Waals surface area contributed by atoms with E-state index in [0.29, 0.717) is 0 Å². The number of halogens is 2. The topological polar surface area (TPSA) is 131 Å². The van der Waals surface area contributed by atoms with E-state index in [4.69, 9.17) is 16.3 Å². The van der Waals surface area contributed by atoms with Crippen LogP contribution in [0.5, 0.6) is 0 Å². The van der Waals surface area contributed by atoms with Crippen LogP contribution in [0.25, 0.3) is 11.1 Å². The molecule has 0 aliphatic carbocycles. The molecule has 0 radical (unpaired) electrons. The molecule has 0 unspecified atom stereocenters. The number of aryl methyl sites for hydroxylation is 1. The third kappa shape index (κ3) is 7.03. The maximum Gasteiger partial charge on any atom is 0.407 e. The zero-order chi connectivity index (χ0) is 26.7. The molecule has 1 aromatic heterocycles. The Morgan fingerprint density at radius 3 is 2.49 bits per heavy atom. The molecule has 0 bridgehead atoms. The summed E-state index contributed by atoms with van der Waals surface area (Å²) in [6, 6.07) is 4.07. The molecule has 2 N–H and O–H groups in total. The molecule has 1 heterocycles. The highest BCUT2D eigenvalue weighted by Gasteiger charge is 2.26. The van der Waals surface area contributed by atoms with Crippen molar-refractivity contribution >= 4 is 33.7 Å². The van der Waals surface area contributed by atoms with Gasteiger partial charge in [0.15, 0.2) is 5.69 Å². The number of carboxylic acid groups (broad SMARTS) is 1. The molecule has 1 aromatic carbocycles. The van der Waals surface area contributed by atoms with Crippen molar-refractivity contribution in [3.05, 3.63) is 46.5 Å². The fraction of sp³-hybridized carbons (Fsp3) is 0.409. The van der Waals surface area contributed by atoms with Gasteiger partial charge in [-0.2, -0.15) is 5.10 Å². The Labute approximate surface area is 208 Å². The van der Waals surface area contributed by atoms with Crippen molar-refractivity contribution in [2.45, 2.75) is 44.7 Å². The third-order valence-electron chi connectivity index (χ3n) is 4.58. The molecule has 0 saturated heterocycles. The molecular weight excluding hydrogens is 503 g/mol. The van der Waals surface area contributed by atoms with Gasteiger partial charge in [-0.25, -0.2) is 26.7 Å². The Hall–Kier alpha value is -2.96. The number of carbonyl (C=O) groups is 2. The first-order valence-corrected chi connectivity index (χ1v) is 12.2. The number of hydrogen-bond donors (Lipinski definition) is 2. The Morgan fingerprint density at radius 2 is 1.94 bits per heavy atom. The lowest BCUT2D eigenvalue weighted by Gasteiger charge is -2.19. The fourth-order valence-corrected chi connectivity index (χ4v) is 4.47. The van der Waals surface area contributed by atoms with Gasteiger partial charge in [-0.05, 0) is 51.5 Å². The van der Waals surface area contributed by atoms with Gasteiger partial charge in [0.2, 0.25) is 10.0 Å². The average molecular weight is 531 g/mol. The molecule has 0 aliphatic heterocycles. The molecule has 192 valence electrons. The van der Waals surface area contributed by atoms with Crippen LogP contribution in [0.1, 0.15) is 37.0 Å². The van der Waals surface area contributed by atoms with Crippen LogP contribution >= 0.6 is 11.6 Å². The van der Waals surface area contributed by atoms with Crippen LogP contribution in [0.2, 0.25) is 5.02 Å². The van der Waals surface area contributed by atoms with E-state index >= 15 is 0 Å². The summed E-state index contributed by atoms with van der Waals surface area (Å²) < 4.78 is 46.8. The molecule has 0 spiro atoms. The van der Waals surface area contributed by atoms with Crippen molar-refractivity contribution in [3.8, 4) is 11.1 Å². The van der Waals surface area contributed by atoms with Crippen molar-refractivity contribution in [1.82, 2.24) is 19.4 Å². The second-order valence-corrected chi connectivity index (χ2v) is 11.3. The van der Waals surface area contributed by atoms with Crippen LogP contribution < -0.4 is 5.32 Å². The van der Waals surface area contributed by atoms with E-state index in [1.54, 1.807) is 20.8 Å². The molecule has 2 rings (SSSR count). The number of hydrogen-bond acceptors (Lipinski definition) is 6. The maximum absolute atomic E-state index is 14.5. The highest BCUT2D eigenvalue weighted by molar-refractivity contribution is 7.89. The normalized spacial score (nSPS) is 12.7. The molecule has 0 aliphatic rings. The number of amides is 1. The molecule has 1 amide bonds. The summed E-state index contributed by atoms with van der Waals surface area (Å²) in [6.45, 7) is 5.89. The number of rotatable bonds is 8. The van der Waals surface area contributed by atoms with Crippen molar-refractivity contribution in [2.24, 2.45) is 0 Å². The van der Waals surface area contributed by atoms with Gasteiger partial charge in [-0.3, -0.25) is 4.68 Å². The molecular formula is C22H28ClFN4O6S. The summed E-state index contributed by atoms with van der Waals surface area (Å²) in [6.07, 6.45) is 0.340. The second kappa shape index (κ2) is 10.8. The number of alkyl carbamates (subject to hydrolysis) is 1. The molecule has 2 aromatic rings. The van der Waals surface area contributed by atoms with Crippen LogP contribution in [0, 0.1) is 6.92 Å². The highest BCUT2D eigenvalue weighted by atomic mass is 35.5. The molecule has 0 saturated carbocycles. The lowest BCUT2D eigenvalue weighted by molar-refractivity contribution is 0.0533. The quantitative estimate of drug-likeness (QED) is 0.530. The molecule has 0 fully saturated rings. The molecule has 13 heteroatoms. The standard InChI is InChI=1S/C22H28ClFN4O6S/c1-13-18(14-7-8-16(23)17(11-14)35(32,33)27(5)6)19(20(29)30)28(26-13)12-15(24)9-10-25-21(31)34-22(2,3)4/h7-9,11H,10,12H2,1-6H3,(H,25,31)(H,29,30)/b15-9-. The van der Waals surface area contributed by atoms with Crippen molar-refractivity contribution in [2.75, 3.05) is 20.6 Å². The summed E-state index contributed by atoms with van der Waals surface area (Å²) in [5, 5.41) is 16.3. The molecule has 0 atom stereocenters. The maximum atomic E-state index is 14.5. The zero-order valence-corrected chi connectivity index (χ0v) is 21.8. The van der Waals surface area contributed by atoms with E-state index in [1.165, 1.54) is 39.2 Å². The van der Waals surface area contributed by atoms with Crippen molar-refractivity contribution < 1.29 is 32.2 Å². The average Bonchev–Trinajstić information content (AvgIpc) is 3.02. The predicted molar refractivity (Wildman–Crippen MR) is 129 cm³/mol. The van der Waals surface area contributed by atoms with E-state index in [-0.39, 0.29) is 39.0 Å². The van der Waals surface area contributed by atoms with Gasteiger partial charge in [0.25, 0.3) is 0 Å². The highest BCUT2D eigenvalue weighted by Crippen LogP contribution is 2.33. The number of allylic oxidation sites excluding steroid dienone is 1. The van der Waals surface area contributed by atoms with Crippen LogP contribution in [-0.4, -0.2) is 65.9 Å². The number of aromatic carboxylic acids is 1. The smallest absolute Gasteiger partial charge is 0.407 e. The van der Waals surface area contributed by atoms with Crippen LogP contribution in [0.4, 0.5) is 9.18 Å². The summed E-state index contributed by atoms with van der Waals surface area (Å²) in [5.41, 5.74) is -0.422. The number of ether oxygens (including phenoxy) is 1. The van der Waals surface area contributed by atoms with Gasteiger partial charge in [0, 0.05) is 26.2 Å². The first-order valence-electron chi connectivity index (χ1n) is 10.4. The molecule has 10 nitrogen and oxygen atoms in total. The zero-order valence-electron chi connectivity index (χ0n) is 20.2. The number of carbonyl (C=O) groups excluding carboxylic acids is 1. The van der Waals surface area contributed by atoms with E-state index < -0.39 is 40.1 Å². The predicted octanol–water partition coefficient (Wildman–Crippen LogP) is 3.84. The summed E-state index contributed by atoms with van der Waals surface area (Å²) in [7, 11) is -1.22. The number of aromatic nitrogens is 2. The lowest BCUT2D eigenvalue weighted by atomic mass is 10.0. The fourth-order valence-electron chi connectivity index (χ4n) is 3.08. The SMILES string of the molecule is Cc1nn(C/C(F)=C/CNC(=O)OC(C)(C)C)c(C(=O)O)c1-c1ccc(Cl)c(S(=O)(=O)N(C)C)c1. The summed E-state index contributed by atoms with van der Waals surface area (Å²) >= 11 is 6.10. The van der Waals surface area contributed by atoms with Gasteiger partial charge in [0.1, 0.15) is 16.3 Å². The Kier molecular flexibility index (Phi) is 8.69. The first-order chi connectivity index (χ1) is 16.0. The molecule has 35 heavy (non-hydrogen) atoms. The van der Waals surface area contributed by atoms with Gasteiger partial charge in [-0.1, -0.05) is 17.7 Å². The number of sulfonamides is 1.